The molecule has 2 aromatic carbocycles. The van der Waals surface area contributed by atoms with Gasteiger partial charge >= 0.3 is 0 Å². The zero-order chi connectivity index (χ0) is 25.0. The van der Waals surface area contributed by atoms with Gasteiger partial charge in [0.1, 0.15) is 11.5 Å². The summed E-state index contributed by atoms with van der Waals surface area (Å²) in [6.07, 6.45) is 1.67. The van der Waals surface area contributed by atoms with Crippen LogP contribution in [0.15, 0.2) is 47.4 Å². The fraction of sp³-hybridized carbons (Fsp3) is 0.462. The molecule has 1 N–H and O–H groups in total. The lowest BCUT2D eigenvalue weighted by Crippen LogP contribution is -2.55. The number of likely N-dealkylation sites (tertiary alicyclic amines) is 1. The molecule has 3 aromatic rings. The summed E-state index contributed by atoms with van der Waals surface area (Å²) in [7, 11) is 3.30. The van der Waals surface area contributed by atoms with Crippen LogP contribution < -0.4 is 9.47 Å². The standard InChI is InChI=1S/C26H33N3O5S/c1-27-12-10-26(11-13-27)17-29(35(31,32)20-7-5-6-18(14-20)33-3)23(16-30)25-24(26)21-9-8-19(34-4)15-22(21)28(25)2/h5-9,14-15,23,30H,10-13,16-17H2,1-4H3/t23-/m1/s1. The average Bonchev–Trinajstić information content (AvgIpc) is 3.18. The summed E-state index contributed by atoms with van der Waals surface area (Å²) < 4.78 is 42.5. The second kappa shape index (κ2) is 8.81. The van der Waals surface area contributed by atoms with Gasteiger partial charge in [-0.3, -0.25) is 0 Å². The Morgan fingerprint density at radius 3 is 2.37 bits per heavy atom. The Bertz CT molecular complexity index is 1360. The molecule has 2 aliphatic rings. The second-order valence-corrected chi connectivity index (χ2v) is 11.6. The maximum atomic E-state index is 14.1. The van der Waals surface area contributed by atoms with Crippen LogP contribution in [0, 0.1) is 0 Å². The van der Waals surface area contributed by atoms with E-state index in [4.69, 9.17) is 9.47 Å². The van der Waals surface area contributed by atoms with Gasteiger partial charge in [-0.2, -0.15) is 4.31 Å². The summed E-state index contributed by atoms with van der Waals surface area (Å²) in [5, 5.41) is 11.7. The lowest BCUT2D eigenvalue weighted by molar-refractivity contribution is 0.103. The Morgan fingerprint density at radius 2 is 1.71 bits per heavy atom. The quantitative estimate of drug-likeness (QED) is 0.581. The zero-order valence-corrected chi connectivity index (χ0v) is 21.5. The summed E-state index contributed by atoms with van der Waals surface area (Å²) in [4.78, 5) is 2.46. The molecule has 5 rings (SSSR count). The van der Waals surface area contributed by atoms with Crippen LogP contribution in [0.3, 0.4) is 0 Å². The first kappa shape index (κ1) is 24.1. The van der Waals surface area contributed by atoms with Gasteiger partial charge < -0.3 is 24.0 Å². The van der Waals surface area contributed by atoms with Gasteiger partial charge in [0.2, 0.25) is 10.0 Å². The van der Waals surface area contributed by atoms with Gasteiger partial charge in [-0.25, -0.2) is 8.42 Å². The molecule has 188 valence electrons. The Kier molecular flexibility index (Phi) is 6.07. The predicted molar refractivity (Wildman–Crippen MR) is 135 cm³/mol. The first-order valence-electron chi connectivity index (χ1n) is 11.9. The maximum Gasteiger partial charge on any atom is 0.243 e. The van der Waals surface area contributed by atoms with Crippen LogP contribution in [-0.2, 0) is 22.5 Å². The molecule has 1 spiro atoms. The average molecular weight is 500 g/mol. The molecule has 0 amide bonds. The molecule has 1 saturated heterocycles. The number of ether oxygens (including phenoxy) is 2. The fourth-order valence-electron chi connectivity index (χ4n) is 5.92. The summed E-state index contributed by atoms with van der Waals surface area (Å²) in [6, 6.07) is 11.9. The van der Waals surface area contributed by atoms with E-state index in [1.807, 2.05) is 23.7 Å². The lowest BCUT2D eigenvalue weighted by atomic mass is 9.69. The second-order valence-electron chi connectivity index (χ2n) is 9.71. The Balaban J connectivity index is 1.75. The Morgan fingerprint density at radius 1 is 1.03 bits per heavy atom. The summed E-state index contributed by atoms with van der Waals surface area (Å²) in [5.74, 6) is 1.23. The van der Waals surface area contributed by atoms with Crippen molar-refractivity contribution >= 4 is 20.9 Å². The first-order valence-corrected chi connectivity index (χ1v) is 13.3. The van der Waals surface area contributed by atoms with Crippen LogP contribution >= 0.6 is 0 Å². The van der Waals surface area contributed by atoms with Crippen molar-refractivity contribution in [3.63, 3.8) is 0 Å². The zero-order valence-electron chi connectivity index (χ0n) is 20.7. The van der Waals surface area contributed by atoms with E-state index in [0.717, 1.165) is 48.3 Å². The molecule has 0 unspecified atom stereocenters. The number of nitrogens with zero attached hydrogens (tertiary/aromatic N) is 3. The van der Waals surface area contributed by atoms with E-state index in [-0.39, 0.29) is 16.9 Å². The molecule has 0 aliphatic carbocycles. The molecule has 1 aromatic heterocycles. The van der Waals surface area contributed by atoms with Gasteiger partial charge in [0, 0.05) is 42.2 Å². The molecule has 9 heteroatoms. The van der Waals surface area contributed by atoms with Gasteiger partial charge in [-0.1, -0.05) is 6.07 Å². The van der Waals surface area contributed by atoms with Crippen LogP contribution in [-0.4, -0.2) is 74.8 Å². The third kappa shape index (κ3) is 3.72. The highest BCUT2D eigenvalue weighted by molar-refractivity contribution is 7.89. The van der Waals surface area contributed by atoms with E-state index in [2.05, 4.69) is 18.0 Å². The minimum absolute atomic E-state index is 0.169. The number of benzene rings is 2. The summed E-state index contributed by atoms with van der Waals surface area (Å²) in [6.45, 7) is 1.77. The molecule has 35 heavy (non-hydrogen) atoms. The number of rotatable bonds is 5. The van der Waals surface area contributed by atoms with E-state index in [0.29, 0.717) is 12.3 Å². The van der Waals surface area contributed by atoms with Gasteiger partial charge in [-0.05, 0) is 62.8 Å². The highest BCUT2D eigenvalue weighted by atomic mass is 32.2. The van der Waals surface area contributed by atoms with Gasteiger partial charge in [-0.15, -0.1) is 0 Å². The molecule has 1 fully saturated rings. The van der Waals surface area contributed by atoms with Crippen LogP contribution in [0.25, 0.3) is 10.9 Å². The number of aliphatic hydroxyl groups is 1. The van der Waals surface area contributed by atoms with Crippen LogP contribution in [0.2, 0.25) is 0 Å². The smallest absolute Gasteiger partial charge is 0.243 e. The third-order valence-corrected chi connectivity index (χ3v) is 9.72. The van der Waals surface area contributed by atoms with Gasteiger partial charge in [0.15, 0.2) is 0 Å². The molecule has 3 heterocycles. The molecule has 8 nitrogen and oxygen atoms in total. The molecular formula is C26H33N3O5S. The van der Waals surface area contributed by atoms with E-state index in [1.54, 1.807) is 31.4 Å². The summed E-state index contributed by atoms with van der Waals surface area (Å²) >= 11 is 0. The number of fused-ring (bicyclic) bond motifs is 4. The highest BCUT2D eigenvalue weighted by Gasteiger charge is 2.51. The lowest BCUT2D eigenvalue weighted by Gasteiger charge is -2.49. The summed E-state index contributed by atoms with van der Waals surface area (Å²) in [5.41, 5.74) is 2.65. The molecular weight excluding hydrogens is 466 g/mol. The van der Waals surface area contributed by atoms with Crippen molar-refractivity contribution in [3.8, 4) is 11.5 Å². The van der Waals surface area contributed by atoms with Crippen molar-refractivity contribution in [2.75, 3.05) is 47.5 Å². The number of aryl methyl sites for hydroxylation is 1. The van der Waals surface area contributed by atoms with Crippen molar-refractivity contribution in [2.24, 2.45) is 7.05 Å². The minimum atomic E-state index is -3.91. The maximum absolute atomic E-state index is 14.1. The molecule has 0 bridgehead atoms. The number of methoxy groups -OCH3 is 2. The molecule has 2 aliphatic heterocycles. The molecule has 1 atom stereocenters. The monoisotopic (exact) mass is 499 g/mol. The van der Waals surface area contributed by atoms with Crippen LogP contribution in [0.1, 0.15) is 30.1 Å². The first-order chi connectivity index (χ1) is 16.8. The molecule has 0 saturated carbocycles. The van der Waals surface area contributed by atoms with Crippen molar-refractivity contribution in [2.45, 2.75) is 29.2 Å². The largest absolute Gasteiger partial charge is 0.497 e. The molecule has 0 radical (unpaired) electrons. The topological polar surface area (TPSA) is 84.2 Å². The number of aromatic nitrogens is 1. The highest BCUT2D eigenvalue weighted by Crippen LogP contribution is 2.51. The minimum Gasteiger partial charge on any atom is -0.497 e. The number of aliphatic hydroxyl groups excluding tert-OH is 1. The van der Waals surface area contributed by atoms with Crippen molar-refractivity contribution in [3.05, 3.63) is 53.7 Å². The van der Waals surface area contributed by atoms with E-state index in [1.165, 1.54) is 17.0 Å². The van der Waals surface area contributed by atoms with Crippen molar-refractivity contribution in [1.82, 2.24) is 13.8 Å². The van der Waals surface area contributed by atoms with Crippen LogP contribution in [0.4, 0.5) is 0 Å². The Hall–Kier alpha value is -2.59. The number of hydrogen-bond acceptors (Lipinski definition) is 6. The van der Waals surface area contributed by atoms with E-state index in [9.17, 15) is 13.5 Å². The van der Waals surface area contributed by atoms with Crippen LogP contribution in [0.5, 0.6) is 11.5 Å². The SMILES string of the molecule is COc1cccc(S(=O)(=O)N2CC3(CCN(C)CC3)c3c(n(C)c4cc(OC)ccc34)[C@H]2CO)c1. The van der Waals surface area contributed by atoms with Gasteiger partial charge in [0.05, 0.1) is 37.3 Å². The number of sulfonamides is 1. The fourth-order valence-corrected chi connectivity index (χ4v) is 7.62. The normalized spacial score (nSPS) is 20.8. The van der Waals surface area contributed by atoms with E-state index >= 15 is 0 Å². The number of hydrogen-bond donors (Lipinski definition) is 1. The van der Waals surface area contributed by atoms with E-state index < -0.39 is 16.1 Å². The van der Waals surface area contributed by atoms with Crippen molar-refractivity contribution in [1.29, 1.82) is 0 Å². The predicted octanol–water partition coefficient (Wildman–Crippen LogP) is 2.90. The van der Waals surface area contributed by atoms with Crippen molar-refractivity contribution < 1.29 is 23.0 Å². The van der Waals surface area contributed by atoms with Gasteiger partial charge in [0.25, 0.3) is 0 Å². The number of piperidine rings is 1. The Labute approximate surface area is 206 Å². The third-order valence-electron chi connectivity index (χ3n) is 7.87.